The Hall–Kier alpha value is -2.36. The number of alkyl halides is 3. The van der Waals surface area contributed by atoms with E-state index >= 15 is 0 Å². The minimum Gasteiger partial charge on any atom is -0.465 e. The van der Waals surface area contributed by atoms with Gasteiger partial charge in [-0.1, -0.05) is 0 Å². The molecule has 1 N–H and O–H groups in total. The van der Waals surface area contributed by atoms with Gasteiger partial charge in [-0.25, -0.2) is 4.79 Å². The van der Waals surface area contributed by atoms with Gasteiger partial charge in [0, 0.05) is 13.2 Å². The predicted octanol–water partition coefficient (Wildman–Crippen LogP) is 2.54. The molecule has 0 radical (unpaired) electrons. The number of hydrogen-bond acceptors (Lipinski definition) is 5. The quantitative estimate of drug-likeness (QED) is 0.876. The molecule has 2 heterocycles. The molecule has 2 aromatic heterocycles. The summed E-state index contributed by atoms with van der Waals surface area (Å²) in [5.41, 5.74) is -1.85. The number of nitrogens with one attached hydrogen (secondary N) is 1. The number of hydrogen-bond donors (Lipinski definition) is 1. The lowest BCUT2D eigenvalue weighted by atomic mass is 10.2. The number of aryl methyl sites for hydroxylation is 1. The standard InChI is InChI=1S/C12H10F3N3O3S/c1-18-5-7(8(17-18)12(13,14)15)9(19)16-10-6(3-4-22-10)11(20)21-2/h3-5H,1-2H3,(H,16,19). The molecule has 0 unspecified atom stereocenters. The molecule has 0 atom stereocenters. The lowest BCUT2D eigenvalue weighted by Crippen LogP contribution is -2.18. The summed E-state index contributed by atoms with van der Waals surface area (Å²) in [6.07, 6.45) is -3.79. The van der Waals surface area contributed by atoms with Crippen LogP contribution < -0.4 is 5.32 Å². The van der Waals surface area contributed by atoms with Crippen molar-refractivity contribution in [1.29, 1.82) is 0 Å². The molecule has 0 saturated heterocycles. The van der Waals surface area contributed by atoms with Crippen LogP contribution in [0.3, 0.4) is 0 Å². The number of halogens is 3. The van der Waals surface area contributed by atoms with Gasteiger partial charge >= 0.3 is 12.1 Å². The lowest BCUT2D eigenvalue weighted by molar-refractivity contribution is -0.141. The second-order valence-electron chi connectivity index (χ2n) is 4.17. The van der Waals surface area contributed by atoms with Crippen molar-refractivity contribution in [2.75, 3.05) is 12.4 Å². The minimum atomic E-state index is -4.76. The zero-order chi connectivity index (χ0) is 16.5. The van der Waals surface area contributed by atoms with Gasteiger partial charge in [0.1, 0.15) is 5.00 Å². The van der Waals surface area contributed by atoms with Gasteiger partial charge in [0.2, 0.25) is 0 Å². The molecule has 6 nitrogen and oxygen atoms in total. The second-order valence-corrected chi connectivity index (χ2v) is 5.09. The summed E-state index contributed by atoms with van der Waals surface area (Å²) >= 11 is 0.995. The maximum Gasteiger partial charge on any atom is 0.435 e. The van der Waals surface area contributed by atoms with Gasteiger partial charge in [0.15, 0.2) is 5.69 Å². The van der Waals surface area contributed by atoms with Gasteiger partial charge in [-0.15, -0.1) is 11.3 Å². The van der Waals surface area contributed by atoms with Crippen LogP contribution in [0.4, 0.5) is 18.2 Å². The van der Waals surface area contributed by atoms with Crippen LogP contribution in [0.2, 0.25) is 0 Å². The molecule has 22 heavy (non-hydrogen) atoms. The van der Waals surface area contributed by atoms with Crippen LogP contribution in [0, 0.1) is 0 Å². The van der Waals surface area contributed by atoms with Crippen LogP contribution >= 0.6 is 11.3 Å². The fraction of sp³-hybridized carbons (Fsp3) is 0.250. The predicted molar refractivity (Wildman–Crippen MR) is 71.8 cm³/mol. The second kappa shape index (κ2) is 5.79. The molecule has 0 aliphatic heterocycles. The molecular weight excluding hydrogens is 323 g/mol. The minimum absolute atomic E-state index is 0.0679. The number of methoxy groups -OCH3 is 1. The Morgan fingerprint density at radius 2 is 2.05 bits per heavy atom. The van der Waals surface area contributed by atoms with E-state index in [-0.39, 0.29) is 10.6 Å². The fourth-order valence-corrected chi connectivity index (χ4v) is 2.48. The Kier molecular flexibility index (Phi) is 4.22. The average Bonchev–Trinajstić information content (AvgIpc) is 3.03. The third-order valence-electron chi connectivity index (χ3n) is 2.64. The highest BCUT2D eigenvalue weighted by Crippen LogP contribution is 2.31. The third kappa shape index (κ3) is 3.11. The summed E-state index contributed by atoms with van der Waals surface area (Å²) in [5.74, 6) is -1.70. The first-order valence-electron chi connectivity index (χ1n) is 5.82. The smallest absolute Gasteiger partial charge is 0.435 e. The molecule has 118 valence electrons. The maximum atomic E-state index is 12.8. The number of ether oxygens (including phenoxy) is 1. The first-order valence-corrected chi connectivity index (χ1v) is 6.70. The zero-order valence-electron chi connectivity index (χ0n) is 11.4. The highest BCUT2D eigenvalue weighted by atomic mass is 32.1. The number of carbonyl (C=O) groups excluding carboxylic acids is 2. The summed E-state index contributed by atoms with van der Waals surface area (Å²) in [7, 11) is 2.44. The van der Waals surface area contributed by atoms with Crippen LogP contribution in [-0.2, 0) is 18.0 Å². The largest absolute Gasteiger partial charge is 0.465 e. The molecule has 0 saturated carbocycles. The number of amides is 1. The van der Waals surface area contributed by atoms with Crippen LogP contribution in [-0.4, -0.2) is 28.8 Å². The van der Waals surface area contributed by atoms with E-state index < -0.39 is 29.3 Å². The van der Waals surface area contributed by atoms with Crippen LogP contribution in [0.5, 0.6) is 0 Å². The molecule has 10 heteroatoms. The number of nitrogens with zero attached hydrogens (tertiary/aromatic N) is 2. The fourth-order valence-electron chi connectivity index (χ4n) is 1.71. The number of rotatable bonds is 3. The number of carbonyl (C=O) groups is 2. The van der Waals surface area contributed by atoms with Gasteiger partial charge in [0.05, 0.1) is 18.2 Å². The number of anilines is 1. The van der Waals surface area contributed by atoms with Gasteiger partial charge < -0.3 is 10.1 Å². The van der Waals surface area contributed by atoms with E-state index in [0.29, 0.717) is 0 Å². The summed E-state index contributed by atoms with van der Waals surface area (Å²) < 4.78 is 43.9. The maximum absolute atomic E-state index is 12.8. The molecule has 0 aliphatic carbocycles. The van der Waals surface area contributed by atoms with Crippen molar-refractivity contribution in [2.45, 2.75) is 6.18 Å². The molecule has 0 aromatic carbocycles. The Bertz CT molecular complexity index is 721. The van der Waals surface area contributed by atoms with Crippen molar-refractivity contribution in [3.8, 4) is 0 Å². The molecule has 0 aliphatic rings. The van der Waals surface area contributed by atoms with Gasteiger partial charge in [-0.05, 0) is 11.4 Å². The highest BCUT2D eigenvalue weighted by Gasteiger charge is 2.39. The van der Waals surface area contributed by atoms with Crippen LogP contribution in [0.1, 0.15) is 26.4 Å². The monoisotopic (exact) mass is 333 g/mol. The van der Waals surface area contributed by atoms with E-state index in [1.165, 1.54) is 18.5 Å². The van der Waals surface area contributed by atoms with Crippen molar-refractivity contribution in [3.63, 3.8) is 0 Å². The first kappa shape index (κ1) is 16.0. The lowest BCUT2D eigenvalue weighted by Gasteiger charge is -2.07. The normalized spacial score (nSPS) is 11.3. The van der Waals surface area contributed by atoms with E-state index in [9.17, 15) is 22.8 Å². The Balaban J connectivity index is 2.31. The Labute approximate surface area is 126 Å². The van der Waals surface area contributed by atoms with Crippen molar-refractivity contribution in [3.05, 3.63) is 34.5 Å². The average molecular weight is 333 g/mol. The van der Waals surface area contributed by atoms with Crippen molar-refractivity contribution < 1.29 is 27.5 Å². The van der Waals surface area contributed by atoms with Crippen LogP contribution in [0.15, 0.2) is 17.6 Å². The van der Waals surface area contributed by atoms with E-state index in [1.807, 2.05) is 0 Å². The van der Waals surface area contributed by atoms with E-state index in [0.717, 1.165) is 29.3 Å². The number of esters is 1. The molecular formula is C12H10F3N3O3S. The number of thiophene rings is 1. The third-order valence-corrected chi connectivity index (χ3v) is 3.47. The molecule has 0 bridgehead atoms. The first-order chi connectivity index (χ1) is 10.2. The summed E-state index contributed by atoms with van der Waals surface area (Å²) in [4.78, 5) is 23.5. The molecule has 0 fully saturated rings. The Morgan fingerprint density at radius 1 is 1.36 bits per heavy atom. The Morgan fingerprint density at radius 3 is 2.64 bits per heavy atom. The summed E-state index contributed by atoms with van der Waals surface area (Å²) in [6, 6.07) is 1.40. The number of aromatic nitrogens is 2. The van der Waals surface area contributed by atoms with Crippen molar-refractivity contribution >= 4 is 28.2 Å². The summed E-state index contributed by atoms with van der Waals surface area (Å²) in [6.45, 7) is 0. The molecule has 0 spiro atoms. The SMILES string of the molecule is COC(=O)c1ccsc1NC(=O)c1cn(C)nc1C(F)(F)F. The van der Waals surface area contributed by atoms with E-state index in [4.69, 9.17) is 0 Å². The van der Waals surface area contributed by atoms with Crippen LogP contribution in [0.25, 0.3) is 0 Å². The molecule has 1 amide bonds. The van der Waals surface area contributed by atoms with E-state index in [2.05, 4.69) is 15.2 Å². The zero-order valence-corrected chi connectivity index (χ0v) is 12.2. The van der Waals surface area contributed by atoms with E-state index in [1.54, 1.807) is 0 Å². The molecule has 2 aromatic rings. The van der Waals surface area contributed by atoms with Crippen molar-refractivity contribution in [2.24, 2.45) is 7.05 Å². The topological polar surface area (TPSA) is 73.2 Å². The van der Waals surface area contributed by atoms with Gasteiger partial charge in [-0.3, -0.25) is 9.48 Å². The van der Waals surface area contributed by atoms with Crippen molar-refractivity contribution in [1.82, 2.24) is 9.78 Å². The highest BCUT2D eigenvalue weighted by molar-refractivity contribution is 7.14. The molecule has 2 rings (SSSR count). The van der Waals surface area contributed by atoms with Gasteiger partial charge in [0.25, 0.3) is 5.91 Å². The summed E-state index contributed by atoms with van der Waals surface area (Å²) in [5, 5.41) is 7.14. The van der Waals surface area contributed by atoms with Gasteiger partial charge in [-0.2, -0.15) is 18.3 Å².